The molecule has 224 valence electrons. The normalized spacial score (nSPS) is 11.9. The molecule has 0 rings (SSSR count). The lowest BCUT2D eigenvalue weighted by Crippen LogP contribution is -2.32. The largest absolute Gasteiger partial charge is 0.131 e. The molecule has 0 fully saturated rings. The fraction of sp³-hybridized carbons (Fsp3) is 1.00. The van der Waals surface area contributed by atoms with Crippen LogP contribution >= 0.6 is 60.2 Å². The van der Waals surface area contributed by atoms with E-state index in [0.717, 1.165) is 5.92 Å². The van der Waals surface area contributed by atoms with E-state index >= 15 is 0 Å². The third-order valence-corrected chi connectivity index (χ3v) is 9.17. The topological polar surface area (TPSA) is 0 Å². The second-order valence-corrected chi connectivity index (χ2v) is 12.5. The zero-order valence-electron chi connectivity index (χ0n) is 25.3. The van der Waals surface area contributed by atoms with Crippen LogP contribution in [-0.2, 0) is 0 Å². The van der Waals surface area contributed by atoms with Crippen LogP contribution in [0.2, 0.25) is 0 Å². The molecule has 0 aromatic carbocycles. The maximum atomic E-state index is 3.49. The molecule has 0 aliphatic carbocycles. The second-order valence-electron chi connectivity index (χ2n) is 11.4. The Bertz CT molecular complexity index is 366. The van der Waals surface area contributed by atoms with E-state index in [4.69, 9.17) is 0 Å². The summed E-state index contributed by atoms with van der Waals surface area (Å²) < 4.78 is 0. The molecule has 0 aromatic heterocycles. The van der Waals surface area contributed by atoms with Crippen molar-refractivity contribution in [3.63, 3.8) is 0 Å². The average molecular weight is 726 g/mol. The highest BCUT2D eigenvalue weighted by Gasteiger charge is 2.32. The number of unbranched alkanes of at least 4 members (excludes halogenated alkanes) is 18. The molecule has 0 aliphatic rings. The first-order chi connectivity index (χ1) is 16.1. The van der Waals surface area contributed by atoms with Gasteiger partial charge in [0.05, 0.1) is 0 Å². The minimum absolute atomic E-state index is 0. The number of rotatable bonds is 27. The van der Waals surface area contributed by atoms with E-state index in [0.29, 0.717) is 5.16 Å². The Kier molecular flexibility index (Phi) is 43.5. The number of hydrogen-bond donors (Lipinski definition) is 0. The summed E-state index contributed by atoms with van der Waals surface area (Å²) in [6.45, 7) is 9.36. The molecular weight excluding hydrogens is 655 g/mol. The van der Waals surface area contributed by atoms with Crippen molar-refractivity contribution < 1.29 is 0 Å². The van der Waals surface area contributed by atoms with Crippen molar-refractivity contribution in [3.8, 4) is 0 Å². The van der Waals surface area contributed by atoms with Gasteiger partial charge in [0, 0.05) is 0 Å². The molecule has 0 bridgehead atoms. The van der Waals surface area contributed by atoms with Gasteiger partial charge in [-0.2, -0.15) is 0 Å². The van der Waals surface area contributed by atoms with Gasteiger partial charge in [-0.3, -0.25) is 0 Å². The third-order valence-electron chi connectivity index (χ3n) is 8.12. The van der Waals surface area contributed by atoms with E-state index in [1.807, 2.05) is 0 Å². The highest BCUT2D eigenvalue weighted by atomic mass is 79.9. The Morgan fingerprint density at radius 2 is 0.639 bits per heavy atom. The highest BCUT2D eigenvalue weighted by Crippen LogP contribution is 2.44. The fourth-order valence-corrected chi connectivity index (χ4v) is 6.45. The van der Waals surface area contributed by atoms with E-state index < -0.39 is 0 Å². The van der Waals surface area contributed by atoms with Crippen molar-refractivity contribution in [1.82, 2.24) is 0 Å². The van der Waals surface area contributed by atoms with Gasteiger partial charge in [-0.05, 0) is 36.8 Å². The summed E-state index contributed by atoms with van der Waals surface area (Å²) in [6.07, 6.45) is 37.6. The van der Waals surface area contributed by atoms with Crippen molar-refractivity contribution in [3.05, 3.63) is 0 Å². The zero-order valence-corrected chi connectivity index (χ0v) is 31.6. The monoisotopic (exact) mass is 722 g/mol. The lowest BCUT2D eigenvalue weighted by molar-refractivity contribution is 0.270. The third kappa shape index (κ3) is 27.4. The predicted octanol–water partition coefficient (Wildman–Crippen LogP) is 14.2. The Morgan fingerprint density at radius 1 is 0.389 bits per heavy atom. The van der Waals surface area contributed by atoms with Crippen LogP contribution in [0.3, 0.4) is 0 Å². The summed E-state index contributed by atoms with van der Waals surface area (Å²) in [6, 6.07) is 0. The van der Waals surface area contributed by atoms with E-state index in [2.05, 4.69) is 36.9 Å². The molecule has 2 unspecified atom stereocenters. The minimum atomic E-state index is 0. The molecule has 0 radical (unpaired) electrons. The first kappa shape index (κ1) is 44.9. The van der Waals surface area contributed by atoms with Gasteiger partial charge < -0.3 is 0 Å². The Hall–Kier alpha value is 1.87. The molecule has 0 amide bonds. The maximum Gasteiger partial charge on any atom is -0.0122 e. The van der Waals surface area contributed by atoms with Gasteiger partial charge in [-0.25, -0.2) is 0 Å². The molecule has 0 heterocycles. The fourth-order valence-electron chi connectivity index (χ4n) is 5.71. The lowest BCUT2D eigenvalue weighted by atomic mass is 9.77. The molecule has 4 heteroatoms. The average Bonchev–Trinajstić information content (AvgIpc) is 2.82. The van der Waals surface area contributed by atoms with Crippen LogP contribution in [0.15, 0.2) is 0 Å². The molecule has 0 N–H and O–H groups in total. The van der Waals surface area contributed by atoms with Gasteiger partial charge in [-0.15, -0.1) is 60.2 Å². The standard InChI is InChI=1S/C32H67P.3BrH/c1-5-9-13-17-18-19-20-21-22-24-28-31(27-23-14-10-6-2)32(33,29-25-15-11-7-3)30-26-16-12-8-4;;;/h31H,5-30,33H2,1-4H3;3*1H. The summed E-state index contributed by atoms with van der Waals surface area (Å²) in [5.41, 5.74) is 0. The van der Waals surface area contributed by atoms with Crippen molar-refractivity contribution in [2.75, 3.05) is 0 Å². The zero-order chi connectivity index (χ0) is 24.5. The maximum absolute atomic E-state index is 3.49. The van der Waals surface area contributed by atoms with Crippen LogP contribution in [0, 0.1) is 5.92 Å². The molecule has 36 heavy (non-hydrogen) atoms. The smallest absolute Gasteiger partial charge is 0.0122 e. The van der Waals surface area contributed by atoms with Crippen molar-refractivity contribution in [1.29, 1.82) is 0 Å². The van der Waals surface area contributed by atoms with E-state index in [1.165, 1.54) is 167 Å². The Morgan fingerprint density at radius 3 is 0.972 bits per heavy atom. The van der Waals surface area contributed by atoms with Crippen LogP contribution < -0.4 is 0 Å². The summed E-state index contributed by atoms with van der Waals surface area (Å²) in [5.74, 6) is 0.941. The van der Waals surface area contributed by atoms with E-state index in [1.54, 1.807) is 0 Å². The van der Waals surface area contributed by atoms with Gasteiger partial charge in [0.15, 0.2) is 0 Å². The van der Waals surface area contributed by atoms with Gasteiger partial charge in [0.1, 0.15) is 0 Å². The number of hydrogen-bond acceptors (Lipinski definition) is 0. The SMILES string of the molecule is Br.Br.Br.CCCCCCCCCCCCC(CCCCCC)C(P)(CCCCCC)CCCCCC. The summed E-state index contributed by atoms with van der Waals surface area (Å²) in [4.78, 5) is 0. The molecule has 0 spiro atoms. The van der Waals surface area contributed by atoms with Crippen LogP contribution in [0.25, 0.3) is 0 Å². The first-order valence-corrected chi connectivity index (χ1v) is 16.5. The van der Waals surface area contributed by atoms with Crippen LogP contribution in [0.1, 0.15) is 195 Å². The lowest BCUT2D eigenvalue weighted by Gasteiger charge is -2.39. The van der Waals surface area contributed by atoms with Crippen molar-refractivity contribution in [2.24, 2.45) is 5.92 Å². The molecule has 0 aromatic rings. The number of halogens is 3. The van der Waals surface area contributed by atoms with Gasteiger partial charge in [0.2, 0.25) is 0 Å². The summed E-state index contributed by atoms with van der Waals surface area (Å²) >= 11 is 0. The first-order valence-electron chi connectivity index (χ1n) is 15.9. The minimum Gasteiger partial charge on any atom is -0.131 e. The van der Waals surface area contributed by atoms with Crippen LogP contribution in [-0.4, -0.2) is 5.16 Å². The van der Waals surface area contributed by atoms with E-state index in [-0.39, 0.29) is 50.9 Å². The molecule has 0 aliphatic heterocycles. The molecule has 0 saturated carbocycles. The second kappa shape index (κ2) is 34.9. The quantitative estimate of drug-likeness (QED) is 0.0584. The van der Waals surface area contributed by atoms with Crippen molar-refractivity contribution in [2.45, 2.75) is 200 Å². The van der Waals surface area contributed by atoms with Crippen LogP contribution in [0.5, 0.6) is 0 Å². The summed E-state index contributed by atoms with van der Waals surface area (Å²) in [5, 5.41) is 0.521. The van der Waals surface area contributed by atoms with Gasteiger partial charge >= 0.3 is 0 Å². The van der Waals surface area contributed by atoms with E-state index in [9.17, 15) is 0 Å². The predicted molar refractivity (Wildman–Crippen MR) is 190 cm³/mol. The summed E-state index contributed by atoms with van der Waals surface area (Å²) in [7, 11) is 3.49. The molecular formula is C32H70Br3P. The van der Waals surface area contributed by atoms with Crippen LogP contribution in [0.4, 0.5) is 0 Å². The molecule has 0 saturated heterocycles. The van der Waals surface area contributed by atoms with Gasteiger partial charge in [0.25, 0.3) is 0 Å². The Balaban J connectivity index is -0.00000171. The van der Waals surface area contributed by atoms with Crippen molar-refractivity contribution >= 4 is 60.2 Å². The van der Waals surface area contributed by atoms with Gasteiger partial charge in [-0.1, -0.05) is 169 Å². The Labute approximate surface area is 264 Å². The molecule has 2 atom stereocenters. The highest BCUT2D eigenvalue weighted by molar-refractivity contribution is 8.93. The molecule has 0 nitrogen and oxygen atoms in total.